The van der Waals surface area contributed by atoms with Crippen molar-refractivity contribution in [2.75, 3.05) is 31.1 Å². The quantitative estimate of drug-likeness (QED) is 0.437. The highest BCUT2D eigenvalue weighted by Crippen LogP contribution is 2.28. The van der Waals surface area contributed by atoms with Crippen LogP contribution in [0.15, 0.2) is 41.8 Å². The Morgan fingerprint density at radius 2 is 2.00 bits per heavy atom. The maximum absolute atomic E-state index is 12.4. The zero-order chi connectivity index (χ0) is 23.4. The van der Waals surface area contributed by atoms with Crippen LogP contribution in [0.1, 0.15) is 29.2 Å². The van der Waals surface area contributed by atoms with Crippen molar-refractivity contribution >= 4 is 52.0 Å². The monoisotopic (exact) mass is 504 g/mol. The van der Waals surface area contributed by atoms with E-state index in [4.69, 9.17) is 21.3 Å². The van der Waals surface area contributed by atoms with E-state index in [1.54, 1.807) is 28.4 Å². The third-order valence-corrected chi connectivity index (χ3v) is 7.59. The molecule has 0 spiro atoms. The predicted octanol–water partition coefficient (Wildman–Crippen LogP) is 5.12. The van der Waals surface area contributed by atoms with E-state index in [1.807, 2.05) is 24.3 Å². The molecule has 2 aromatic heterocycles. The number of aromatic nitrogens is 1. The number of nitrogens with one attached hydrogen (secondary N) is 1. The molecule has 0 saturated carbocycles. The molecule has 1 N–H and O–H groups in total. The van der Waals surface area contributed by atoms with Gasteiger partial charge in [0.05, 0.1) is 28.0 Å². The van der Waals surface area contributed by atoms with Crippen LogP contribution in [0.4, 0.5) is 10.5 Å². The molecular weight excluding hydrogens is 480 g/mol. The summed E-state index contributed by atoms with van der Waals surface area (Å²) in [4.78, 5) is 33.8. The van der Waals surface area contributed by atoms with E-state index in [-0.39, 0.29) is 12.5 Å². The molecule has 10 heteroatoms. The van der Waals surface area contributed by atoms with Crippen molar-refractivity contribution in [2.24, 2.45) is 0 Å². The van der Waals surface area contributed by atoms with Crippen LogP contribution in [0, 0.1) is 0 Å². The van der Waals surface area contributed by atoms with Crippen molar-refractivity contribution in [3.63, 3.8) is 0 Å². The summed E-state index contributed by atoms with van der Waals surface area (Å²) in [5, 5.41) is 5.86. The fraction of sp³-hybridized carbons (Fsp3) is 0.348. The minimum Gasteiger partial charge on any atom is -0.442 e. The van der Waals surface area contributed by atoms with Gasteiger partial charge in [-0.1, -0.05) is 25.4 Å². The molecule has 1 fully saturated rings. The molecule has 0 bridgehead atoms. The van der Waals surface area contributed by atoms with E-state index in [0.717, 1.165) is 41.6 Å². The lowest BCUT2D eigenvalue weighted by Crippen LogP contribution is -2.34. The Balaban J connectivity index is 1.34. The highest BCUT2D eigenvalue weighted by molar-refractivity contribution is 7.18. The lowest BCUT2D eigenvalue weighted by atomic mass is 10.2. The number of halogens is 1. The van der Waals surface area contributed by atoms with Gasteiger partial charge in [-0.25, -0.2) is 9.78 Å². The van der Waals surface area contributed by atoms with Crippen molar-refractivity contribution in [2.45, 2.75) is 26.5 Å². The normalized spacial score (nSPS) is 15.8. The fourth-order valence-corrected chi connectivity index (χ4v) is 5.32. The molecular formula is C23H25ClN4O3S2. The Labute approximate surface area is 205 Å². The summed E-state index contributed by atoms with van der Waals surface area (Å²) in [5.41, 5.74) is 2.84. The molecule has 33 heavy (non-hydrogen) atoms. The van der Waals surface area contributed by atoms with E-state index >= 15 is 0 Å². The van der Waals surface area contributed by atoms with Crippen molar-refractivity contribution in [3.05, 3.63) is 56.7 Å². The van der Waals surface area contributed by atoms with Crippen LogP contribution < -0.4 is 10.2 Å². The van der Waals surface area contributed by atoms with Crippen molar-refractivity contribution in [1.82, 2.24) is 15.2 Å². The van der Waals surface area contributed by atoms with E-state index < -0.39 is 12.2 Å². The van der Waals surface area contributed by atoms with Gasteiger partial charge in [-0.3, -0.25) is 14.6 Å². The van der Waals surface area contributed by atoms with Gasteiger partial charge in [0.15, 0.2) is 0 Å². The molecule has 3 aromatic rings. The summed E-state index contributed by atoms with van der Waals surface area (Å²) < 4.78 is 5.99. The molecule has 7 nitrogen and oxygen atoms in total. The highest BCUT2D eigenvalue weighted by atomic mass is 35.5. The molecule has 1 saturated heterocycles. The van der Waals surface area contributed by atoms with Gasteiger partial charge in [0.1, 0.15) is 11.1 Å². The van der Waals surface area contributed by atoms with Gasteiger partial charge in [-0.2, -0.15) is 0 Å². The fourth-order valence-electron chi connectivity index (χ4n) is 3.54. The first-order valence-corrected chi connectivity index (χ1v) is 12.8. The first-order valence-electron chi connectivity index (χ1n) is 10.8. The van der Waals surface area contributed by atoms with Gasteiger partial charge in [0, 0.05) is 23.2 Å². The number of rotatable bonds is 9. The van der Waals surface area contributed by atoms with E-state index in [0.29, 0.717) is 15.8 Å². The standard InChI is InChI=1S/C23H25ClN4O3S2/c1-3-27(4-2)12-16-14-32-22(26-16)15-5-7-17(8-6-15)28-13-18(31-23(28)30)11-25-21(29)19-9-10-20(24)33-19/h5-10,14,18H,3-4,11-13H2,1-2H3,(H,25,29)/t18-/m0/s1. The molecule has 1 aromatic carbocycles. The highest BCUT2D eigenvalue weighted by Gasteiger charge is 2.32. The molecule has 0 aliphatic carbocycles. The molecule has 1 aliphatic heterocycles. The molecule has 174 valence electrons. The lowest BCUT2D eigenvalue weighted by Gasteiger charge is -2.15. The number of anilines is 1. The van der Waals surface area contributed by atoms with Crippen molar-refractivity contribution < 1.29 is 14.3 Å². The summed E-state index contributed by atoms with van der Waals surface area (Å²) in [6, 6.07) is 11.1. The number of thiophene rings is 1. The maximum Gasteiger partial charge on any atom is 0.414 e. The number of nitrogens with zero attached hydrogens (tertiary/aromatic N) is 3. The Hall–Kier alpha value is -2.46. The van der Waals surface area contributed by atoms with Gasteiger partial charge >= 0.3 is 6.09 Å². The molecule has 0 unspecified atom stereocenters. The average molecular weight is 505 g/mol. The number of hydrogen-bond acceptors (Lipinski definition) is 7. The first-order chi connectivity index (χ1) is 16.0. The summed E-state index contributed by atoms with van der Waals surface area (Å²) in [6.45, 7) is 7.75. The number of amides is 2. The average Bonchev–Trinajstić information content (AvgIpc) is 3.56. The van der Waals surface area contributed by atoms with Gasteiger partial charge in [0.2, 0.25) is 0 Å². The van der Waals surface area contributed by atoms with Crippen LogP contribution in [0.5, 0.6) is 0 Å². The topological polar surface area (TPSA) is 74.8 Å². The summed E-state index contributed by atoms with van der Waals surface area (Å²) in [7, 11) is 0. The zero-order valence-corrected chi connectivity index (χ0v) is 20.8. The summed E-state index contributed by atoms with van der Waals surface area (Å²) in [6.07, 6.45) is -0.838. The van der Waals surface area contributed by atoms with Crippen LogP contribution in [-0.4, -0.2) is 54.2 Å². The second-order valence-electron chi connectivity index (χ2n) is 7.58. The zero-order valence-electron chi connectivity index (χ0n) is 18.4. The minimum atomic E-state index is -0.420. The Bertz CT molecular complexity index is 1110. The maximum atomic E-state index is 12.4. The lowest BCUT2D eigenvalue weighted by molar-refractivity contribution is 0.0920. The largest absolute Gasteiger partial charge is 0.442 e. The van der Waals surface area contributed by atoms with E-state index in [1.165, 1.54) is 11.3 Å². The minimum absolute atomic E-state index is 0.227. The number of benzene rings is 1. The van der Waals surface area contributed by atoms with E-state index in [2.05, 4.69) is 29.4 Å². The number of hydrogen-bond donors (Lipinski definition) is 1. The van der Waals surface area contributed by atoms with Crippen LogP contribution in [0.3, 0.4) is 0 Å². The van der Waals surface area contributed by atoms with Gasteiger partial charge in [-0.05, 0) is 49.5 Å². The number of thiazole rings is 1. The van der Waals surface area contributed by atoms with Crippen molar-refractivity contribution in [3.8, 4) is 10.6 Å². The third kappa shape index (κ3) is 5.73. The molecule has 1 atom stereocenters. The van der Waals surface area contributed by atoms with E-state index in [9.17, 15) is 9.59 Å². The smallest absolute Gasteiger partial charge is 0.414 e. The van der Waals surface area contributed by atoms with Crippen LogP contribution in [0.2, 0.25) is 4.34 Å². The predicted molar refractivity (Wildman–Crippen MR) is 133 cm³/mol. The Morgan fingerprint density at radius 1 is 1.24 bits per heavy atom. The molecule has 3 heterocycles. The third-order valence-electron chi connectivity index (χ3n) is 5.42. The van der Waals surface area contributed by atoms with Crippen LogP contribution in [-0.2, 0) is 11.3 Å². The molecule has 1 aliphatic rings. The van der Waals surface area contributed by atoms with Crippen LogP contribution >= 0.6 is 34.3 Å². The molecule has 0 radical (unpaired) electrons. The van der Waals surface area contributed by atoms with Gasteiger partial charge in [0.25, 0.3) is 5.91 Å². The summed E-state index contributed by atoms with van der Waals surface area (Å²) >= 11 is 8.71. The van der Waals surface area contributed by atoms with Crippen molar-refractivity contribution in [1.29, 1.82) is 0 Å². The van der Waals surface area contributed by atoms with Crippen LogP contribution in [0.25, 0.3) is 10.6 Å². The second-order valence-corrected chi connectivity index (χ2v) is 10.2. The Morgan fingerprint density at radius 3 is 2.67 bits per heavy atom. The molecule has 2 amide bonds. The Kier molecular flexibility index (Phi) is 7.64. The SMILES string of the molecule is CCN(CC)Cc1csc(-c2ccc(N3C[C@H](CNC(=O)c4ccc(Cl)s4)OC3=O)cc2)n1. The van der Waals surface area contributed by atoms with Gasteiger partial charge in [-0.15, -0.1) is 22.7 Å². The first kappa shape index (κ1) is 23.7. The number of carbonyl (C=O) groups excluding carboxylic acids is 2. The summed E-state index contributed by atoms with van der Waals surface area (Å²) in [5.74, 6) is -0.227. The second kappa shape index (κ2) is 10.6. The van der Waals surface area contributed by atoms with Gasteiger partial charge < -0.3 is 10.1 Å². The number of cyclic esters (lactones) is 1. The number of ether oxygens (including phenoxy) is 1. The molecule has 4 rings (SSSR count). The number of carbonyl (C=O) groups is 2.